The van der Waals surface area contributed by atoms with E-state index in [-0.39, 0.29) is 16.6 Å². The van der Waals surface area contributed by atoms with Crippen LogP contribution in [0.15, 0.2) is 0 Å². The highest BCUT2D eigenvalue weighted by Gasteiger charge is 2.41. The third-order valence-corrected chi connectivity index (χ3v) is 3.63. The lowest BCUT2D eigenvalue weighted by atomic mass is 9.99. The third-order valence-electron chi connectivity index (χ3n) is 2.12. The Labute approximate surface area is 99.8 Å². The number of thioether (sulfide) groups is 1. The molecular formula is C12H27NOS. The number of likely N-dealkylation sites (N-methyl/N-ethyl adjacent to an activating group) is 1. The molecule has 1 rings (SSSR count). The van der Waals surface area contributed by atoms with Gasteiger partial charge in [-0.05, 0) is 27.8 Å². The molecule has 0 bridgehead atoms. The number of nitrogens with zero attached hydrogens (tertiary/aromatic N) is 1. The quantitative estimate of drug-likeness (QED) is 0.692. The van der Waals surface area contributed by atoms with Gasteiger partial charge >= 0.3 is 0 Å². The molecule has 0 aromatic heterocycles. The monoisotopic (exact) mass is 233 g/mol. The normalized spacial score (nSPS) is 23.3. The van der Waals surface area contributed by atoms with Crippen LogP contribution in [0.4, 0.5) is 0 Å². The summed E-state index contributed by atoms with van der Waals surface area (Å²) < 4.78 is 0.0978. The predicted molar refractivity (Wildman–Crippen MR) is 71.5 cm³/mol. The van der Waals surface area contributed by atoms with Crippen LogP contribution in [0.1, 0.15) is 48.5 Å². The lowest BCUT2D eigenvalue weighted by Crippen LogP contribution is -2.43. The second-order valence-corrected chi connectivity index (χ2v) is 5.25. The molecule has 0 radical (unpaired) electrons. The van der Waals surface area contributed by atoms with Crippen molar-refractivity contribution in [3.05, 3.63) is 0 Å². The van der Waals surface area contributed by atoms with E-state index >= 15 is 0 Å². The van der Waals surface area contributed by atoms with Gasteiger partial charge in [0.05, 0.1) is 6.04 Å². The molecule has 92 valence electrons. The van der Waals surface area contributed by atoms with E-state index in [1.165, 1.54) is 0 Å². The molecule has 0 aromatic carbocycles. The Morgan fingerprint density at radius 1 is 1.27 bits per heavy atom. The van der Waals surface area contributed by atoms with Gasteiger partial charge in [-0.1, -0.05) is 27.7 Å². The van der Waals surface area contributed by atoms with Gasteiger partial charge in [0.15, 0.2) is 0 Å². The van der Waals surface area contributed by atoms with Crippen molar-refractivity contribution in [3.8, 4) is 0 Å². The van der Waals surface area contributed by atoms with Crippen molar-refractivity contribution in [3.63, 3.8) is 0 Å². The van der Waals surface area contributed by atoms with Crippen LogP contribution in [0.3, 0.4) is 0 Å². The zero-order chi connectivity index (χ0) is 12.6. The molecule has 3 heteroatoms. The van der Waals surface area contributed by atoms with Crippen molar-refractivity contribution in [2.75, 3.05) is 12.9 Å². The van der Waals surface area contributed by atoms with Crippen molar-refractivity contribution in [2.45, 2.75) is 59.3 Å². The number of ketones is 1. The molecule has 15 heavy (non-hydrogen) atoms. The van der Waals surface area contributed by atoms with Crippen LogP contribution in [-0.2, 0) is 4.79 Å². The first-order valence-electron chi connectivity index (χ1n) is 5.80. The van der Waals surface area contributed by atoms with Crippen LogP contribution in [0, 0.1) is 0 Å². The average Bonchev–Trinajstić information content (AvgIpc) is 2.47. The number of carbonyl (C=O) groups excluding carboxylic acids is 1. The average molecular weight is 233 g/mol. The molecule has 1 heterocycles. The van der Waals surface area contributed by atoms with Crippen molar-refractivity contribution in [2.24, 2.45) is 0 Å². The molecule has 0 N–H and O–H groups in total. The van der Waals surface area contributed by atoms with Gasteiger partial charge in [0, 0.05) is 10.6 Å². The maximum atomic E-state index is 11.2. The van der Waals surface area contributed by atoms with Gasteiger partial charge in [0.25, 0.3) is 0 Å². The third kappa shape index (κ3) is 5.03. The summed E-state index contributed by atoms with van der Waals surface area (Å²) in [6, 6.07) is 0.104. The molecule has 1 saturated heterocycles. The van der Waals surface area contributed by atoms with Crippen LogP contribution in [0.2, 0.25) is 0 Å². The molecule has 0 aromatic rings. The van der Waals surface area contributed by atoms with Gasteiger partial charge in [-0.2, -0.15) is 0 Å². The zero-order valence-corrected chi connectivity index (χ0v) is 12.4. The van der Waals surface area contributed by atoms with Crippen molar-refractivity contribution < 1.29 is 4.79 Å². The topological polar surface area (TPSA) is 20.3 Å². The molecule has 1 unspecified atom stereocenters. The summed E-state index contributed by atoms with van der Waals surface area (Å²) in [5, 5.41) is 0. The summed E-state index contributed by atoms with van der Waals surface area (Å²) in [7, 11) is 2.01. The first-order valence-corrected chi connectivity index (χ1v) is 6.78. The molecule has 1 atom stereocenters. The minimum absolute atomic E-state index is 0.0978. The largest absolute Gasteiger partial charge is 0.298 e. The molecule has 0 spiro atoms. The van der Waals surface area contributed by atoms with E-state index in [0.29, 0.717) is 0 Å². The van der Waals surface area contributed by atoms with Crippen molar-refractivity contribution in [1.29, 1.82) is 0 Å². The standard InChI is InChI=1S/C8H15NOS.2C2H6/c1-6(10)7-8(2,3)11-5-9(7)4;2*1-2/h7H,5H2,1-4H3;2*1-2H3. The first kappa shape index (κ1) is 17.4. The summed E-state index contributed by atoms with van der Waals surface area (Å²) in [4.78, 5) is 13.3. The Kier molecular flexibility index (Phi) is 9.46. The first-order chi connectivity index (χ1) is 6.95. The summed E-state index contributed by atoms with van der Waals surface area (Å²) in [5.74, 6) is 1.25. The molecule has 1 aliphatic heterocycles. The molecule has 0 aliphatic carbocycles. The van der Waals surface area contributed by atoms with E-state index in [2.05, 4.69) is 18.7 Å². The Morgan fingerprint density at radius 2 is 1.67 bits per heavy atom. The Morgan fingerprint density at radius 3 is 1.80 bits per heavy atom. The lowest BCUT2D eigenvalue weighted by molar-refractivity contribution is -0.121. The van der Waals surface area contributed by atoms with E-state index in [1.54, 1.807) is 6.92 Å². The fraction of sp³-hybridized carbons (Fsp3) is 0.917. The van der Waals surface area contributed by atoms with E-state index in [0.717, 1.165) is 5.88 Å². The number of carbonyl (C=O) groups is 1. The number of hydrogen-bond acceptors (Lipinski definition) is 3. The highest BCUT2D eigenvalue weighted by molar-refractivity contribution is 8.00. The fourth-order valence-corrected chi connectivity index (χ4v) is 2.94. The maximum absolute atomic E-state index is 11.2. The van der Waals surface area contributed by atoms with Gasteiger partial charge in [0.1, 0.15) is 5.78 Å². The highest BCUT2D eigenvalue weighted by Crippen LogP contribution is 2.38. The molecule has 2 nitrogen and oxygen atoms in total. The second kappa shape index (κ2) is 8.17. The molecular weight excluding hydrogens is 206 g/mol. The van der Waals surface area contributed by atoms with Crippen LogP contribution >= 0.6 is 11.8 Å². The summed E-state index contributed by atoms with van der Waals surface area (Å²) in [6.45, 7) is 13.9. The van der Waals surface area contributed by atoms with E-state index < -0.39 is 0 Å². The molecule has 0 amide bonds. The van der Waals surface area contributed by atoms with Crippen LogP contribution in [0.25, 0.3) is 0 Å². The number of Topliss-reactive ketones (excluding diaryl/α,β-unsaturated/α-hetero) is 1. The minimum Gasteiger partial charge on any atom is -0.298 e. The van der Waals surface area contributed by atoms with Crippen LogP contribution in [0.5, 0.6) is 0 Å². The molecule has 1 fully saturated rings. The predicted octanol–water partition coefficient (Wildman–Crippen LogP) is 3.41. The summed E-state index contributed by atoms with van der Waals surface area (Å²) >= 11 is 1.85. The lowest BCUT2D eigenvalue weighted by Gasteiger charge is -2.26. The Hall–Kier alpha value is -0.0200. The SMILES string of the molecule is CC.CC.CC(=O)C1N(C)CSC1(C)C. The Bertz CT molecular complexity index is 180. The Balaban J connectivity index is 0. The van der Waals surface area contributed by atoms with Crippen molar-refractivity contribution >= 4 is 17.5 Å². The maximum Gasteiger partial charge on any atom is 0.148 e. The number of rotatable bonds is 1. The van der Waals surface area contributed by atoms with Gasteiger partial charge in [0.2, 0.25) is 0 Å². The smallest absolute Gasteiger partial charge is 0.148 e. The fourth-order valence-electron chi connectivity index (χ4n) is 1.75. The van der Waals surface area contributed by atoms with Crippen LogP contribution in [-0.4, -0.2) is 34.4 Å². The van der Waals surface area contributed by atoms with Gasteiger partial charge in [-0.25, -0.2) is 0 Å². The summed E-state index contributed by atoms with van der Waals surface area (Å²) in [6.07, 6.45) is 0. The highest BCUT2D eigenvalue weighted by atomic mass is 32.2. The molecule has 1 aliphatic rings. The van der Waals surface area contributed by atoms with E-state index in [1.807, 2.05) is 46.5 Å². The van der Waals surface area contributed by atoms with Crippen molar-refractivity contribution in [1.82, 2.24) is 4.90 Å². The van der Waals surface area contributed by atoms with Gasteiger partial charge in [-0.3, -0.25) is 9.69 Å². The van der Waals surface area contributed by atoms with E-state index in [9.17, 15) is 4.79 Å². The second-order valence-electron chi connectivity index (χ2n) is 3.65. The van der Waals surface area contributed by atoms with Gasteiger partial charge in [-0.15, -0.1) is 11.8 Å². The van der Waals surface area contributed by atoms with Gasteiger partial charge < -0.3 is 0 Å². The zero-order valence-electron chi connectivity index (χ0n) is 11.5. The van der Waals surface area contributed by atoms with E-state index in [4.69, 9.17) is 0 Å². The minimum atomic E-state index is 0.0978. The number of hydrogen-bond donors (Lipinski definition) is 0. The molecule has 0 saturated carbocycles. The van der Waals surface area contributed by atoms with Crippen LogP contribution < -0.4 is 0 Å². The summed E-state index contributed by atoms with van der Waals surface area (Å²) in [5.41, 5.74) is 0.